The quantitative estimate of drug-likeness (QED) is 0.770. The number of rotatable bonds is 4. The van der Waals surface area contributed by atoms with Crippen molar-refractivity contribution in [2.75, 3.05) is 5.32 Å². The van der Waals surface area contributed by atoms with Crippen molar-refractivity contribution >= 4 is 5.69 Å². The Labute approximate surface area is 100 Å². The summed E-state index contributed by atoms with van der Waals surface area (Å²) in [5.41, 5.74) is 4.15. The summed E-state index contributed by atoms with van der Waals surface area (Å²) in [5, 5.41) is 3.52. The fourth-order valence-electron chi connectivity index (χ4n) is 1.86. The Balaban J connectivity index is 3.09. The topological polar surface area (TPSA) is 12.0 Å². The van der Waals surface area contributed by atoms with Crippen molar-refractivity contribution in [3.63, 3.8) is 0 Å². The van der Waals surface area contributed by atoms with E-state index in [-0.39, 0.29) is 0 Å². The van der Waals surface area contributed by atoms with Gasteiger partial charge in [0.1, 0.15) is 0 Å². The summed E-state index contributed by atoms with van der Waals surface area (Å²) in [6, 6.07) is 7.30. The van der Waals surface area contributed by atoms with Crippen molar-refractivity contribution in [3.8, 4) is 0 Å². The van der Waals surface area contributed by atoms with Gasteiger partial charge in [-0.15, -0.1) is 0 Å². The lowest BCUT2D eigenvalue weighted by atomic mass is 9.94. The van der Waals surface area contributed by atoms with Crippen LogP contribution in [0.5, 0.6) is 0 Å². The van der Waals surface area contributed by atoms with E-state index in [0.29, 0.717) is 17.9 Å². The van der Waals surface area contributed by atoms with Crippen LogP contribution in [0.2, 0.25) is 0 Å². The molecule has 0 radical (unpaired) electrons. The molecule has 1 aromatic rings. The molecule has 0 atom stereocenters. The third-order valence-electron chi connectivity index (χ3n) is 2.81. The molecule has 1 heteroatoms. The second-order valence-electron chi connectivity index (χ2n) is 5.46. The van der Waals surface area contributed by atoms with Crippen LogP contribution in [0.4, 0.5) is 5.69 Å². The highest BCUT2D eigenvalue weighted by Crippen LogP contribution is 2.28. The average Bonchev–Trinajstić information content (AvgIpc) is 2.16. The van der Waals surface area contributed by atoms with Crippen molar-refractivity contribution in [2.45, 2.75) is 59.4 Å². The molecule has 1 rings (SSSR count). The lowest BCUT2D eigenvalue weighted by Crippen LogP contribution is -2.12. The SMILES string of the molecule is CC(C)Nc1ccc(C(C)C)cc1C(C)C. The normalized spacial score (nSPS) is 11.6. The van der Waals surface area contributed by atoms with Gasteiger partial charge in [-0.05, 0) is 42.9 Å². The van der Waals surface area contributed by atoms with Crippen LogP contribution in [-0.4, -0.2) is 6.04 Å². The second-order valence-corrected chi connectivity index (χ2v) is 5.46. The predicted octanol–water partition coefficient (Wildman–Crippen LogP) is 4.75. The van der Waals surface area contributed by atoms with E-state index >= 15 is 0 Å². The van der Waals surface area contributed by atoms with E-state index < -0.39 is 0 Å². The van der Waals surface area contributed by atoms with Gasteiger partial charge in [0.15, 0.2) is 0 Å². The minimum absolute atomic E-state index is 0.488. The first-order chi connectivity index (χ1) is 7.41. The van der Waals surface area contributed by atoms with Gasteiger partial charge in [0, 0.05) is 11.7 Å². The number of anilines is 1. The van der Waals surface area contributed by atoms with Gasteiger partial charge in [-0.2, -0.15) is 0 Å². The number of nitrogens with one attached hydrogen (secondary N) is 1. The van der Waals surface area contributed by atoms with Crippen molar-refractivity contribution < 1.29 is 0 Å². The molecule has 0 aliphatic heterocycles. The third-order valence-corrected chi connectivity index (χ3v) is 2.81. The van der Waals surface area contributed by atoms with Crippen LogP contribution in [0.25, 0.3) is 0 Å². The molecule has 0 aromatic heterocycles. The van der Waals surface area contributed by atoms with Crippen LogP contribution in [0.3, 0.4) is 0 Å². The van der Waals surface area contributed by atoms with Crippen LogP contribution < -0.4 is 5.32 Å². The van der Waals surface area contributed by atoms with E-state index in [2.05, 4.69) is 65.1 Å². The van der Waals surface area contributed by atoms with Gasteiger partial charge in [-0.25, -0.2) is 0 Å². The van der Waals surface area contributed by atoms with Gasteiger partial charge >= 0.3 is 0 Å². The molecule has 0 aliphatic rings. The Morgan fingerprint density at radius 3 is 1.94 bits per heavy atom. The first kappa shape index (κ1) is 13.1. The minimum atomic E-state index is 0.488. The lowest BCUT2D eigenvalue weighted by Gasteiger charge is -2.19. The highest BCUT2D eigenvalue weighted by Gasteiger charge is 2.10. The molecule has 1 nitrogen and oxygen atoms in total. The number of hydrogen-bond donors (Lipinski definition) is 1. The molecule has 0 saturated heterocycles. The Bertz CT molecular complexity index is 337. The number of hydrogen-bond acceptors (Lipinski definition) is 1. The summed E-state index contributed by atoms with van der Waals surface area (Å²) in [6.07, 6.45) is 0. The molecule has 0 saturated carbocycles. The molecule has 1 aromatic carbocycles. The smallest absolute Gasteiger partial charge is 0.0377 e. The maximum absolute atomic E-state index is 3.52. The minimum Gasteiger partial charge on any atom is -0.383 e. The van der Waals surface area contributed by atoms with Crippen molar-refractivity contribution in [2.24, 2.45) is 0 Å². The van der Waals surface area contributed by atoms with Crippen LogP contribution in [0, 0.1) is 0 Å². The van der Waals surface area contributed by atoms with Crippen molar-refractivity contribution in [1.29, 1.82) is 0 Å². The average molecular weight is 219 g/mol. The maximum Gasteiger partial charge on any atom is 0.0377 e. The molecule has 0 fully saturated rings. The largest absolute Gasteiger partial charge is 0.383 e. The fraction of sp³-hybridized carbons (Fsp3) is 0.600. The summed E-state index contributed by atoms with van der Waals surface area (Å²) in [4.78, 5) is 0. The summed E-state index contributed by atoms with van der Waals surface area (Å²) < 4.78 is 0. The monoisotopic (exact) mass is 219 g/mol. The Morgan fingerprint density at radius 1 is 0.875 bits per heavy atom. The lowest BCUT2D eigenvalue weighted by molar-refractivity contribution is 0.824. The number of benzene rings is 1. The first-order valence-electron chi connectivity index (χ1n) is 6.32. The summed E-state index contributed by atoms with van der Waals surface area (Å²) >= 11 is 0. The zero-order valence-electron chi connectivity index (χ0n) is 11.5. The molecule has 1 N–H and O–H groups in total. The zero-order valence-corrected chi connectivity index (χ0v) is 11.5. The molecule has 0 heterocycles. The molecule has 90 valence electrons. The molecule has 0 aliphatic carbocycles. The van der Waals surface area contributed by atoms with Crippen LogP contribution in [0.15, 0.2) is 18.2 Å². The summed E-state index contributed by atoms with van der Waals surface area (Å²) in [5.74, 6) is 1.17. The van der Waals surface area contributed by atoms with E-state index in [9.17, 15) is 0 Å². The van der Waals surface area contributed by atoms with E-state index in [1.807, 2.05) is 0 Å². The summed E-state index contributed by atoms with van der Waals surface area (Å²) in [7, 11) is 0. The third kappa shape index (κ3) is 3.26. The molecule has 0 unspecified atom stereocenters. The van der Waals surface area contributed by atoms with Crippen LogP contribution >= 0.6 is 0 Å². The van der Waals surface area contributed by atoms with E-state index in [1.165, 1.54) is 16.8 Å². The highest BCUT2D eigenvalue weighted by molar-refractivity contribution is 5.55. The molecule has 0 amide bonds. The van der Waals surface area contributed by atoms with Crippen LogP contribution in [-0.2, 0) is 0 Å². The fourth-order valence-corrected chi connectivity index (χ4v) is 1.86. The molecule has 16 heavy (non-hydrogen) atoms. The van der Waals surface area contributed by atoms with Crippen molar-refractivity contribution in [3.05, 3.63) is 29.3 Å². The van der Waals surface area contributed by atoms with Crippen molar-refractivity contribution in [1.82, 2.24) is 0 Å². The second kappa shape index (κ2) is 5.38. The van der Waals surface area contributed by atoms with Gasteiger partial charge < -0.3 is 5.32 Å². The standard InChI is InChI=1S/C15H25N/c1-10(2)13-7-8-15(16-12(5)6)14(9-13)11(3)4/h7-12,16H,1-6H3. The highest BCUT2D eigenvalue weighted by atomic mass is 14.9. The molecule has 0 bridgehead atoms. The van der Waals surface area contributed by atoms with Gasteiger partial charge in [-0.1, -0.05) is 39.8 Å². The van der Waals surface area contributed by atoms with Gasteiger partial charge in [0.2, 0.25) is 0 Å². The Kier molecular flexibility index (Phi) is 4.40. The molecular formula is C15H25N. The van der Waals surface area contributed by atoms with Gasteiger partial charge in [-0.3, -0.25) is 0 Å². The van der Waals surface area contributed by atoms with Gasteiger partial charge in [0.25, 0.3) is 0 Å². The van der Waals surface area contributed by atoms with E-state index in [0.717, 1.165) is 0 Å². The van der Waals surface area contributed by atoms with Crippen LogP contribution in [0.1, 0.15) is 64.5 Å². The predicted molar refractivity (Wildman–Crippen MR) is 73.4 cm³/mol. The first-order valence-corrected chi connectivity index (χ1v) is 6.32. The Hall–Kier alpha value is -0.980. The molecule has 0 spiro atoms. The maximum atomic E-state index is 3.52. The zero-order chi connectivity index (χ0) is 12.3. The van der Waals surface area contributed by atoms with E-state index in [4.69, 9.17) is 0 Å². The Morgan fingerprint density at radius 2 is 1.50 bits per heavy atom. The molecular weight excluding hydrogens is 194 g/mol. The van der Waals surface area contributed by atoms with E-state index in [1.54, 1.807) is 0 Å². The van der Waals surface area contributed by atoms with Gasteiger partial charge in [0.05, 0.1) is 0 Å². The summed E-state index contributed by atoms with van der Waals surface area (Å²) in [6.45, 7) is 13.4.